The van der Waals surface area contributed by atoms with Crippen LogP contribution in [-0.2, 0) is 9.84 Å². The van der Waals surface area contributed by atoms with Crippen LogP contribution in [-0.4, -0.2) is 31.0 Å². The highest BCUT2D eigenvalue weighted by Gasteiger charge is 2.16. The lowest BCUT2D eigenvalue weighted by Crippen LogP contribution is -2.22. The van der Waals surface area contributed by atoms with Crippen LogP contribution in [0.3, 0.4) is 0 Å². The predicted molar refractivity (Wildman–Crippen MR) is 66.4 cm³/mol. The van der Waals surface area contributed by atoms with Gasteiger partial charge in [0.2, 0.25) is 0 Å². The van der Waals surface area contributed by atoms with Gasteiger partial charge < -0.3 is 4.74 Å². The van der Waals surface area contributed by atoms with Crippen molar-refractivity contribution < 1.29 is 13.2 Å². The van der Waals surface area contributed by atoms with Gasteiger partial charge in [0.1, 0.15) is 11.2 Å². The fourth-order valence-electron chi connectivity index (χ4n) is 0.982. The molecule has 0 bridgehead atoms. The van der Waals surface area contributed by atoms with Crippen LogP contribution in [0, 0.1) is 0 Å². The van der Waals surface area contributed by atoms with Gasteiger partial charge in [-0.05, 0) is 41.9 Å². The molecule has 90 valence electrons. The van der Waals surface area contributed by atoms with Crippen molar-refractivity contribution in [2.24, 2.45) is 0 Å². The zero-order valence-electron chi connectivity index (χ0n) is 9.18. The molecule has 0 spiro atoms. The molecule has 0 saturated heterocycles. The van der Waals surface area contributed by atoms with E-state index in [0.29, 0.717) is 10.4 Å². The molecule has 0 aliphatic heterocycles. The average Bonchev–Trinajstić information content (AvgIpc) is 2.20. The Balaban J connectivity index is 2.52. The number of aromatic nitrogens is 1. The number of ether oxygens (including phenoxy) is 1. The summed E-state index contributed by atoms with van der Waals surface area (Å²) in [7, 11) is -3.04. The maximum Gasteiger partial charge on any atom is 0.155 e. The summed E-state index contributed by atoms with van der Waals surface area (Å²) in [6, 6.07) is 3.47. The predicted octanol–water partition coefficient (Wildman–Crippen LogP) is 2.05. The van der Waals surface area contributed by atoms with Gasteiger partial charge in [-0.25, -0.2) is 13.4 Å². The van der Waals surface area contributed by atoms with Crippen molar-refractivity contribution in [3.05, 3.63) is 22.9 Å². The van der Waals surface area contributed by atoms with E-state index in [-0.39, 0.29) is 17.6 Å². The van der Waals surface area contributed by atoms with E-state index >= 15 is 0 Å². The first-order valence-corrected chi connectivity index (χ1v) is 7.39. The van der Waals surface area contributed by atoms with Crippen LogP contribution >= 0.6 is 15.9 Å². The lowest BCUT2D eigenvalue weighted by atomic mass is 10.5. The van der Waals surface area contributed by atoms with E-state index in [2.05, 4.69) is 20.9 Å². The zero-order chi connectivity index (χ0) is 12.2. The molecule has 4 nitrogen and oxygen atoms in total. The Morgan fingerprint density at radius 1 is 1.50 bits per heavy atom. The van der Waals surface area contributed by atoms with Crippen molar-refractivity contribution in [3.8, 4) is 5.75 Å². The summed E-state index contributed by atoms with van der Waals surface area (Å²) in [4.78, 5) is 3.97. The molecule has 0 fully saturated rings. The minimum Gasteiger partial charge on any atom is -0.490 e. The molecular weight excluding hydrogens is 294 g/mol. The number of hydrogen-bond acceptors (Lipinski definition) is 4. The van der Waals surface area contributed by atoms with Gasteiger partial charge in [-0.15, -0.1) is 0 Å². The van der Waals surface area contributed by atoms with E-state index in [0.717, 1.165) is 0 Å². The summed E-state index contributed by atoms with van der Waals surface area (Å²) >= 11 is 3.22. The van der Waals surface area contributed by atoms with Crippen molar-refractivity contribution in [2.45, 2.75) is 19.1 Å². The molecule has 1 rings (SSSR count). The molecule has 0 radical (unpaired) electrons. The van der Waals surface area contributed by atoms with Gasteiger partial charge in [0.05, 0.1) is 11.0 Å². The standard InChI is InChI=1S/C10H14BrNO3S/c1-8(2)16(13,14)7-6-15-9-4-3-5-12-10(9)11/h3-5,8H,6-7H2,1-2H3. The number of sulfone groups is 1. The molecule has 16 heavy (non-hydrogen) atoms. The van der Waals surface area contributed by atoms with Crippen LogP contribution in [0.4, 0.5) is 0 Å². The second kappa shape index (κ2) is 5.63. The summed E-state index contributed by atoms with van der Waals surface area (Å²) in [6.07, 6.45) is 1.63. The summed E-state index contributed by atoms with van der Waals surface area (Å²) in [5.41, 5.74) is 0. The fraction of sp³-hybridized carbons (Fsp3) is 0.500. The van der Waals surface area contributed by atoms with E-state index in [1.165, 1.54) is 0 Å². The molecule has 0 saturated carbocycles. The number of hydrogen-bond donors (Lipinski definition) is 0. The zero-order valence-corrected chi connectivity index (χ0v) is 11.6. The smallest absolute Gasteiger partial charge is 0.155 e. The normalized spacial score (nSPS) is 11.8. The van der Waals surface area contributed by atoms with E-state index in [4.69, 9.17) is 4.74 Å². The topological polar surface area (TPSA) is 56.3 Å². The van der Waals surface area contributed by atoms with Gasteiger partial charge in [0.25, 0.3) is 0 Å². The highest BCUT2D eigenvalue weighted by Crippen LogP contribution is 2.20. The molecule has 0 unspecified atom stereocenters. The van der Waals surface area contributed by atoms with E-state index in [9.17, 15) is 8.42 Å². The minimum atomic E-state index is -3.04. The highest BCUT2D eigenvalue weighted by atomic mass is 79.9. The number of rotatable bonds is 5. The first-order chi connectivity index (χ1) is 7.43. The Morgan fingerprint density at radius 2 is 2.19 bits per heavy atom. The van der Waals surface area contributed by atoms with Crippen LogP contribution in [0.25, 0.3) is 0 Å². The quantitative estimate of drug-likeness (QED) is 0.781. The molecule has 0 aromatic carbocycles. The SMILES string of the molecule is CC(C)S(=O)(=O)CCOc1cccnc1Br. The summed E-state index contributed by atoms with van der Waals surface area (Å²) < 4.78 is 28.9. The summed E-state index contributed by atoms with van der Waals surface area (Å²) in [5.74, 6) is 0.577. The van der Waals surface area contributed by atoms with Gasteiger partial charge in [0.15, 0.2) is 15.6 Å². The molecule has 0 amide bonds. The second-order valence-corrected chi connectivity index (χ2v) is 6.98. The van der Waals surface area contributed by atoms with Gasteiger partial charge in [-0.3, -0.25) is 0 Å². The van der Waals surface area contributed by atoms with Gasteiger partial charge in [0, 0.05) is 6.20 Å². The van der Waals surface area contributed by atoms with Crippen LogP contribution in [0.15, 0.2) is 22.9 Å². The molecule has 1 heterocycles. The van der Waals surface area contributed by atoms with Crippen molar-refractivity contribution in [1.29, 1.82) is 0 Å². The van der Waals surface area contributed by atoms with Crippen molar-refractivity contribution >= 4 is 25.8 Å². The number of halogens is 1. The first kappa shape index (κ1) is 13.4. The number of pyridine rings is 1. The van der Waals surface area contributed by atoms with Crippen LogP contribution in [0.1, 0.15) is 13.8 Å². The van der Waals surface area contributed by atoms with Crippen LogP contribution < -0.4 is 4.74 Å². The lowest BCUT2D eigenvalue weighted by Gasteiger charge is -2.09. The van der Waals surface area contributed by atoms with Crippen molar-refractivity contribution in [3.63, 3.8) is 0 Å². The molecule has 0 aliphatic rings. The monoisotopic (exact) mass is 307 g/mol. The number of nitrogens with zero attached hydrogens (tertiary/aromatic N) is 1. The maximum atomic E-state index is 11.5. The Hall–Kier alpha value is -0.620. The second-order valence-electron chi connectivity index (χ2n) is 3.56. The Labute approximate surface area is 104 Å². The molecule has 0 aliphatic carbocycles. The average molecular weight is 308 g/mol. The largest absolute Gasteiger partial charge is 0.490 e. The van der Waals surface area contributed by atoms with E-state index in [1.54, 1.807) is 32.2 Å². The lowest BCUT2D eigenvalue weighted by molar-refractivity contribution is 0.336. The fourth-order valence-corrected chi connectivity index (χ4v) is 2.13. The van der Waals surface area contributed by atoms with Crippen LogP contribution in [0.2, 0.25) is 0 Å². The third kappa shape index (κ3) is 3.75. The highest BCUT2D eigenvalue weighted by molar-refractivity contribution is 9.10. The maximum absolute atomic E-state index is 11.5. The molecule has 1 aromatic heterocycles. The van der Waals surface area contributed by atoms with Gasteiger partial charge in [-0.2, -0.15) is 0 Å². The molecular formula is C10H14BrNO3S. The van der Waals surface area contributed by atoms with Crippen LogP contribution in [0.5, 0.6) is 5.75 Å². The molecule has 1 aromatic rings. The third-order valence-corrected chi connectivity index (χ3v) is 4.84. The molecule has 0 atom stereocenters. The van der Waals surface area contributed by atoms with Crippen molar-refractivity contribution in [1.82, 2.24) is 4.98 Å². The third-order valence-electron chi connectivity index (χ3n) is 2.07. The van der Waals surface area contributed by atoms with Gasteiger partial charge in [-0.1, -0.05) is 0 Å². The minimum absolute atomic E-state index is 0.0198. The molecule has 6 heteroatoms. The first-order valence-electron chi connectivity index (χ1n) is 4.88. The van der Waals surface area contributed by atoms with Gasteiger partial charge >= 0.3 is 0 Å². The Kier molecular flexibility index (Phi) is 4.73. The Bertz CT molecular complexity index is 445. The van der Waals surface area contributed by atoms with Crippen molar-refractivity contribution in [2.75, 3.05) is 12.4 Å². The molecule has 0 N–H and O–H groups in total. The van der Waals surface area contributed by atoms with E-state index in [1.807, 2.05) is 0 Å². The van der Waals surface area contributed by atoms with E-state index < -0.39 is 9.84 Å². The summed E-state index contributed by atoms with van der Waals surface area (Å²) in [6.45, 7) is 3.47. The Morgan fingerprint density at radius 3 is 2.75 bits per heavy atom. The summed E-state index contributed by atoms with van der Waals surface area (Å²) in [5, 5.41) is -0.367.